The number of pyridine rings is 1. The predicted molar refractivity (Wildman–Crippen MR) is 89.4 cm³/mol. The summed E-state index contributed by atoms with van der Waals surface area (Å²) < 4.78 is 5.24. The first-order valence-corrected chi connectivity index (χ1v) is 8.06. The van der Waals surface area contributed by atoms with Crippen molar-refractivity contribution in [3.05, 3.63) is 17.8 Å². The Morgan fingerprint density at radius 2 is 2.18 bits per heavy atom. The third-order valence-electron chi connectivity index (χ3n) is 2.93. The average Bonchev–Trinajstić information content (AvgIpc) is 2.88. The molecule has 0 saturated carbocycles. The van der Waals surface area contributed by atoms with Crippen LogP contribution in [0.1, 0.15) is 20.8 Å². The maximum absolute atomic E-state index is 11.6. The van der Waals surface area contributed by atoms with Crippen LogP contribution in [0.4, 0.5) is 5.69 Å². The number of nitrogens with zero attached hydrogens (tertiary/aromatic N) is 3. The highest BCUT2D eigenvalue weighted by atomic mass is 32.1. The maximum Gasteiger partial charge on any atom is 0.320 e. The van der Waals surface area contributed by atoms with Crippen molar-refractivity contribution in [2.75, 3.05) is 31.6 Å². The molecule has 0 bridgehead atoms. The lowest BCUT2D eigenvalue weighted by Crippen LogP contribution is -2.35. The number of rotatable bonds is 6. The molecule has 0 amide bonds. The first kappa shape index (κ1) is 16.6. The van der Waals surface area contributed by atoms with Gasteiger partial charge in [0.25, 0.3) is 0 Å². The van der Waals surface area contributed by atoms with Crippen LogP contribution in [0.2, 0.25) is 0 Å². The Labute approximate surface area is 134 Å². The molecular formula is C15H22N4O2S. The summed E-state index contributed by atoms with van der Waals surface area (Å²) >= 11 is 1.53. The van der Waals surface area contributed by atoms with Gasteiger partial charge in [-0.05, 0) is 26.8 Å². The Morgan fingerprint density at radius 1 is 1.41 bits per heavy atom. The lowest BCUT2D eigenvalue weighted by molar-refractivity contribution is -0.153. The van der Waals surface area contributed by atoms with Crippen molar-refractivity contribution < 1.29 is 9.53 Å². The molecule has 0 spiro atoms. The van der Waals surface area contributed by atoms with Crippen LogP contribution in [-0.4, -0.2) is 48.2 Å². The van der Waals surface area contributed by atoms with E-state index in [1.807, 2.05) is 40.1 Å². The molecule has 0 aliphatic heterocycles. The molecule has 0 aromatic carbocycles. The number of hydrogen-bond acceptors (Lipinski definition) is 7. The largest absolute Gasteiger partial charge is 0.459 e. The minimum atomic E-state index is -0.440. The molecule has 7 heteroatoms. The van der Waals surface area contributed by atoms with Gasteiger partial charge in [0, 0.05) is 20.1 Å². The molecule has 2 aromatic rings. The van der Waals surface area contributed by atoms with E-state index in [1.165, 1.54) is 11.3 Å². The van der Waals surface area contributed by atoms with Crippen molar-refractivity contribution in [1.29, 1.82) is 0 Å². The number of fused-ring (bicyclic) bond motifs is 1. The zero-order valence-corrected chi connectivity index (χ0v) is 14.2. The summed E-state index contributed by atoms with van der Waals surface area (Å²) in [6, 6.07) is 2.02. The molecule has 0 saturated heterocycles. The third-order valence-corrected chi connectivity index (χ3v) is 3.68. The second-order valence-electron chi connectivity index (χ2n) is 6.05. The van der Waals surface area contributed by atoms with Crippen molar-refractivity contribution >= 4 is 33.3 Å². The highest BCUT2D eigenvalue weighted by Gasteiger charge is 2.15. The van der Waals surface area contributed by atoms with Crippen molar-refractivity contribution in [3.63, 3.8) is 0 Å². The molecule has 120 valence electrons. The quantitative estimate of drug-likeness (QED) is 0.648. The van der Waals surface area contributed by atoms with E-state index in [1.54, 1.807) is 5.51 Å². The molecule has 6 nitrogen and oxygen atoms in total. The van der Waals surface area contributed by atoms with Gasteiger partial charge in [0.15, 0.2) is 0 Å². The molecule has 2 rings (SSSR count). The molecule has 0 unspecified atom stereocenters. The first-order chi connectivity index (χ1) is 10.3. The SMILES string of the molecule is CN(CCNCC(=O)OC(C)(C)C)c1cnc2scnc2c1. The van der Waals surface area contributed by atoms with Gasteiger partial charge in [0.05, 0.1) is 23.9 Å². The van der Waals surface area contributed by atoms with Crippen LogP contribution in [0.3, 0.4) is 0 Å². The van der Waals surface area contributed by atoms with E-state index in [2.05, 4.69) is 20.2 Å². The fraction of sp³-hybridized carbons (Fsp3) is 0.533. The van der Waals surface area contributed by atoms with Gasteiger partial charge < -0.3 is 15.0 Å². The van der Waals surface area contributed by atoms with Crippen molar-refractivity contribution in [1.82, 2.24) is 15.3 Å². The molecule has 1 N–H and O–H groups in total. The molecule has 0 fully saturated rings. The number of aromatic nitrogens is 2. The summed E-state index contributed by atoms with van der Waals surface area (Å²) in [4.78, 5) is 23.2. The zero-order chi connectivity index (χ0) is 16.2. The molecule has 0 aliphatic rings. The van der Waals surface area contributed by atoms with E-state index < -0.39 is 5.60 Å². The predicted octanol–water partition coefficient (Wildman–Crippen LogP) is 2.06. The van der Waals surface area contributed by atoms with E-state index in [-0.39, 0.29) is 12.5 Å². The summed E-state index contributed by atoms with van der Waals surface area (Å²) in [5.41, 5.74) is 3.28. The smallest absolute Gasteiger partial charge is 0.320 e. The van der Waals surface area contributed by atoms with Crippen molar-refractivity contribution in [2.24, 2.45) is 0 Å². The minimum Gasteiger partial charge on any atom is -0.459 e. The van der Waals surface area contributed by atoms with Gasteiger partial charge in [-0.25, -0.2) is 9.97 Å². The maximum atomic E-state index is 11.6. The zero-order valence-electron chi connectivity index (χ0n) is 13.4. The second-order valence-corrected chi connectivity index (χ2v) is 6.89. The molecule has 0 aliphatic carbocycles. The monoisotopic (exact) mass is 322 g/mol. The van der Waals surface area contributed by atoms with Crippen LogP contribution >= 0.6 is 11.3 Å². The van der Waals surface area contributed by atoms with Gasteiger partial charge in [0.1, 0.15) is 15.9 Å². The van der Waals surface area contributed by atoms with Crippen LogP contribution in [0.25, 0.3) is 10.3 Å². The van der Waals surface area contributed by atoms with Gasteiger partial charge >= 0.3 is 5.97 Å². The van der Waals surface area contributed by atoms with Crippen LogP contribution in [0.15, 0.2) is 17.8 Å². The summed E-state index contributed by atoms with van der Waals surface area (Å²) in [6.07, 6.45) is 1.84. The molecular weight excluding hydrogens is 300 g/mol. The van der Waals surface area contributed by atoms with Crippen LogP contribution in [-0.2, 0) is 9.53 Å². The Morgan fingerprint density at radius 3 is 2.91 bits per heavy atom. The van der Waals surface area contributed by atoms with E-state index in [9.17, 15) is 4.79 Å². The normalized spacial score (nSPS) is 11.6. The number of carbonyl (C=O) groups excluding carboxylic acids is 1. The summed E-state index contributed by atoms with van der Waals surface area (Å²) in [5.74, 6) is -0.235. The highest BCUT2D eigenvalue weighted by molar-refractivity contribution is 7.16. The molecule has 22 heavy (non-hydrogen) atoms. The fourth-order valence-electron chi connectivity index (χ4n) is 1.90. The molecule has 0 atom stereocenters. The number of thiazole rings is 1. The van der Waals surface area contributed by atoms with Crippen molar-refractivity contribution in [3.8, 4) is 0 Å². The fourth-order valence-corrected chi connectivity index (χ4v) is 2.51. The van der Waals surface area contributed by atoms with E-state index in [4.69, 9.17) is 4.74 Å². The summed E-state index contributed by atoms with van der Waals surface area (Å²) in [5, 5.41) is 3.09. The molecule has 2 heterocycles. The standard InChI is InChI=1S/C15H22N4O2S/c1-15(2,3)21-13(20)9-16-5-6-19(4)11-7-12-14(17-8-11)22-10-18-12/h7-8,10,16H,5-6,9H2,1-4H3. The molecule has 2 aromatic heterocycles. The first-order valence-electron chi connectivity index (χ1n) is 7.18. The van der Waals surface area contributed by atoms with Gasteiger partial charge in [-0.15, -0.1) is 11.3 Å². The van der Waals surface area contributed by atoms with E-state index in [0.29, 0.717) is 6.54 Å². The topological polar surface area (TPSA) is 67.4 Å². The van der Waals surface area contributed by atoms with Crippen LogP contribution in [0.5, 0.6) is 0 Å². The van der Waals surface area contributed by atoms with Gasteiger partial charge in [-0.3, -0.25) is 4.79 Å². The highest BCUT2D eigenvalue weighted by Crippen LogP contribution is 2.20. The second kappa shape index (κ2) is 7.02. The Bertz CT molecular complexity index is 636. The number of anilines is 1. The van der Waals surface area contributed by atoms with Crippen LogP contribution < -0.4 is 10.2 Å². The number of carbonyl (C=O) groups is 1. The van der Waals surface area contributed by atoms with E-state index in [0.717, 1.165) is 22.6 Å². The van der Waals surface area contributed by atoms with Crippen LogP contribution in [0, 0.1) is 0 Å². The summed E-state index contributed by atoms with van der Waals surface area (Å²) in [6.45, 7) is 7.25. The Balaban J connectivity index is 1.75. The van der Waals surface area contributed by atoms with Gasteiger partial charge in [-0.1, -0.05) is 0 Å². The Kier molecular flexibility index (Phi) is 5.31. The van der Waals surface area contributed by atoms with Gasteiger partial charge in [-0.2, -0.15) is 0 Å². The number of hydrogen-bond donors (Lipinski definition) is 1. The average molecular weight is 322 g/mol. The van der Waals surface area contributed by atoms with Gasteiger partial charge in [0.2, 0.25) is 0 Å². The minimum absolute atomic E-state index is 0.217. The van der Waals surface area contributed by atoms with Crippen molar-refractivity contribution in [2.45, 2.75) is 26.4 Å². The number of ether oxygens (including phenoxy) is 1. The number of esters is 1. The summed E-state index contributed by atoms with van der Waals surface area (Å²) in [7, 11) is 1.99. The van der Waals surface area contributed by atoms with E-state index >= 15 is 0 Å². The number of nitrogens with one attached hydrogen (secondary N) is 1. The lowest BCUT2D eigenvalue weighted by Gasteiger charge is -2.21. The molecule has 0 radical (unpaired) electrons. The number of likely N-dealkylation sites (N-methyl/N-ethyl adjacent to an activating group) is 1. The third kappa shape index (κ3) is 4.92. The lowest BCUT2D eigenvalue weighted by atomic mass is 10.2. The Hall–Kier alpha value is -1.73.